The van der Waals surface area contributed by atoms with Crippen LogP contribution in [0.3, 0.4) is 0 Å². The van der Waals surface area contributed by atoms with Gasteiger partial charge in [-0.2, -0.15) is 0 Å². The summed E-state index contributed by atoms with van der Waals surface area (Å²) in [5, 5.41) is 8.90. The molecule has 3 aromatic rings. The third-order valence-electron chi connectivity index (χ3n) is 2.72. The Morgan fingerprint density at radius 3 is 2.83 bits per heavy atom. The van der Waals surface area contributed by atoms with Crippen molar-refractivity contribution in [2.24, 2.45) is 0 Å². The van der Waals surface area contributed by atoms with E-state index in [1.165, 1.54) is 12.1 Å². The number of aromatic nitrogens is 1. The minimum absolute atomic E-state index is 0.175. The molecule has 0 spiro atoms. The molecule has 0 aliphatic rings. The summed E-state index contributed by atoms with van der Waals surface area (Å²) in [5.74, 6) is 0.146. The number of carboxylic acids is 1. The summed E-state index contributed by atoms with van der Waals surface area (Å²) >= 11 is 0. The number of nitrogens with zero attached hydrogens (tertiary/aromatic N) is 1. The van der Waals surface area contributed by atoms with Crippen molar-refractivity contribution < 1.29 is 18.7 Å². The second kappa shape index (κ2) is 3.73. The van der Waals surface area contributed by atoms with Crippen LogP contribution < -0.4 is 0 Å². The van der Waals surface area contributed by atoms with Crippen LogP contribution in [-0.4, -0.2) is 16.1 Å². The molecule has 0 fully saturated rings. The van der Waals surface area contributed by atoms with Crippen molar-refractivity contribution in [2.45, 2.75) is 6.92 Å². The molecular formula is C13H9NO4. The van der Waals surface area contributed by atoms with E-state index >= 15 is 0 Å². The number of furan rings is 1. The van der Waals surface area contributed by atoms with Gasteiger partial charge in [0.2, 0.25) is 5.89 Å². The zero-order chi connectivity index (χ0) is 12.7. The number of hydrogen-bond acceptors (Lipinski definition) is 4. The first-order valence-electron chi connectivity index (χ1n) is 5.33. The van der Waals surface area contributed by atoms with E-state index in [9.17, 15) is 4.79 Å². The summed E-state index contributed by atoms with van der Waals surface area (Å²) in [6.07, 6.45) is 1.56. The Kier molecular flexibility index (Phi) is 2.19. The van der Waals surface area contributed by atoms with Crippen LogP contribution in [0.15, 0.2) is 39.4 Å². The van der Waals surface area contributed by atoms with E-state index in [1.54, 1.807) is 18.4 Å². The lowest BCUT2D eigenvalue weighted by atomic mass is 10.2. The Morgan fingerprint density at radius 1 is 1.33 bits per heavy atom. The second-order valence-electron chi connectivity index (χ2n) is 3.90. The lowest BCUT2D eigenvalue weighted by Crippen LogP contribution is -1.94. The van der Waals surface area contributed by atoms with Gasteiger partial charge in [0, 0.05) is 0 Å². The maximum atomic E-state index is 10.9. The molecule has 0 radical (unpaired) electrons. The fourth-order valence-electron chi connectivity index (χ4n) is 1.78. The van der Waals surface area contributed by atoms with E-state index in [2.05, 4.69) is 4.98 Å². The van der Waals surface area contributed by atoms with Crippen LogP contribution in [0.2, 0.25) is 0 Å². The molecule has 1 N–H and O–H groups in total. The number of hydrogen-bond donors (Lipinski definition) is 1. The van der Waals surface area contributed by atoms with Gasteiger partial charge in [-0.1, -0.05) is 0 Å². The van der Waals surface area contributed by atoms with E-state index < -0.39 is 5.97 Å². The fraction of sp³-hybridized carbons (Fsp3) is 0.0769. The highest BCUT2D eigenvalue weighted by Crippen LogP contribution is 2.27. The molecule has 0 bridgehead atoms. The molecule has 2 aromatic heterocycles. The molecule has 1 aromatic carbocycles. The Balaban J connectivity index is 2.17. The van der Waals surface area contributed by atoms with Crippen LogP contribution in [-0.2, 0) is 0 Å². The van der Waals surface area contributed by atoms with E-state index in [1.807, 2.05) is 6.92 Å². The Bertz CT molecular complexity index is 738. The minimum Gasteiger partial charge on any atom is -0.478 e. The molecule has 0 aliphatic heterocycles. The third-order valence-corrected chi connectivity index (χ3v) is 2.72. The van der Waals surface area contributed by atoms with Crippen molar-refractivity contribution in [3.63, 3.8) is 0 Å². The highest BCUT2D eigenvalue weighted by molar-refractivity contribution is 5.92. The molecular weight excluding hydrogens is 234 g/mol. The zero-order valence-corrected chi connectivity index (χ0v) is 9.51. The van der Waals surface area contributed by atoms with Gasteiger partial charge in [0.1, 0.15) is 11.3 Å². The molecule has 0 aliphatic carbocycles. The van der Waals surface area contributed by atoms with Gasteiger partial charge in [-0.25, -0.2) is 9.78 Å². The Morgan fingerprint density at radius 2 is 2.17 bits per heavy atom. The highest BCUT2D eigenvalue weighted by Gasteiger charge is 2.13. The predicted octanol–water partition coefficient (Wildman–Crippen LogP) is 3.09. The maximum absolute atomic E-state index is 10.9. The molecule has 5 heteroatoms. The summed E-state index contributed by atoms with van der Waals surface area (Å²) in [7, 11) is 0. The van der Waals surface area contributed by atoms with Crippen molar-refractivity contribution in [1.82, 2.24) is 4.98 Å². The van der Waals surface area contributed by atoms with Crippen molar-refractivity contribution in [3.8, 4) is 11.5 Å². The number of fused-ring (bicyclic) bond motifs is 1. The Labute approximate surface area is 102 Å². The van der Waals surface area contributed by atoms with Gasteiger partial charge < -0.3 is 13.9 Å². The third kappa shape index (κ3) is 1.57. The molecule has 2 heterocycles. The molecule has 0 saturated heterocycles. The molecule has 0 unspecified atom stereocenters. The standard InChI is InChI=1S/C13H9NO4/c1-7-9(4-5-17-7)12-14-10-3-2-8(13(15)16)6-11(10)18-12/h2-6H,1H3,(H,15,16). The number of benzene rings is 1. The SMILES string of the molecule is Cc1occc1-c1nc2ccc(C(=O)O)cc2o1. The number of carboxylic acid groups (broad SMARTS) is 1. The molecule has 0 saturated carbocycles. The predicted molar refractivity (Wildman–Crippen MR) is 63.4 cm³/mol. The van der Waals surface area contributed by atoms with Crippen LogP contribution in [0, 0.1) is 6.92 Å². The lowest BCUT2D eigenvalue weighted by Gasteiger charge is -1.91. The molecule has 0 atom stereocenters. The lowest BCUT2D eigenvalue weighted by molar-refractivity contribution is 0.0697. The number of oxazole rings is 1. The van der Waals surface area contributed by atoms with Crippen LogP contribution in [0.4, 0.5) is 0 Å². The first-order valence-corrected chi connectivity index (χ1v) is 5.33. The molecule has 3 rings (SSSR count). The average Bonchev–Trinajstić information content (AvgIpc) is 2.92. The number of rotatable bonds is 2. The summed E-state index contributed by atoms with van der Waals surface area (Å²) in [4.78, 5) is 15.2. The van der Waals surface area contributed by atoms with Crippen molar-refractivity contribution in [2.75, 3.05) is 0 Å². The summed E-state index contributed by atoms with van der Waals surface area (Å²) < 4.78 is 10.7. The largest absolute Gasteiger partial charge is 0.478 e. The molecule has 18 heavy (non-hydrogen) atoms. The smallest absolute Gasteiger partial charge is 0.335 e. The van der Waals surface area contributed by atoms with Crippen LogP contribution in [0.5, 0.6) is 0 Å². The van der Waals surface area contributed by atoms with Crippen molar-refractivity contribution >= 4 is 17.1 Å². The van der Waals surface area contributed by atoms with Gasteiger partial charge in [-0.3, -0.25) is 0 Å². The Hall–Kier alpha value is -2.56. The van der Waals surface area contributed by atoms with Gasteiger partial charge in [0.15, 0.2) is 5.58 Å². The number of carbonyl (C=O) groups is 1. The first-order chi connectivity index (χ1) is 8.65. The van der Waals surface area contributed by atoms with Gasteiger partial charge in [-0.15, -0.1) is 0 Å². The van der Waals surface area contributed by atoms with Gasteiger partial charge in [0.05, 0.1) is 17.4 Å². The van der Waals surface area contributed by atoms with E-state index in [0.29, 0.717) is 22.8 Å². The second-order valence-corrected chi connectivity index (χ2v) is 3.90. The maximum Gasteiger partial charge on any atom is 0.335 e. The summed E-state index contributed by atoms with van der Waals surface area (Å²) in [6.45, 7) is 1.81. The van der Waals surface area contributed by atoms with Gasteiger partial charge >= 0.3 is 5.97 Å². The summed E-state index contributed by atoms with van der Waals surface area (Å²) in [6, 6.07) is 6.35. The fourth-order valence-corrected chi connectivity index (χ4v) is 1.78. The van der Waals surface area contributed by atoms with Crippen LogP contribution in [0.1, 0.15) is 16.1 Å². The van der Waals surface area contributed by atoms with Crippen LogP contribution >= 0.6 is 0 Å². The molecule has 90 valence electrons. The average molecular weight is 243 g/mol. The number of aromatic carboxylic acids is 1. The van der Waals surface area contributed by atoms with E-state index in [0.717, 1.165) is 5.56 Å². The monoisotopic (exact) mass is 243 g/mol. The molecule has 5 nitrogen and oxygen atoms in total. The topological polar surface area (TPSA) is 76.5 Å². The van der Waals surface area contributed by atoms with E-state index in [4.69, 9.17) is 13.9 Å². The molecule has 0 amide bonds. The van der Waals surface area contributed by atoms with Gasteiger partial charge in [0.25, 0.3) is 0 Å². The number of aryl methyl sites for hydroxylation is 1. The van der Waals surface area contributed by atoms with Crippen molar-refractivity contribution in [3.05, 3.63) is 41.9 Å². The minimum atomic E-state index is -0.991. The normalized spacial score (nSPS) is 10.9. The zero-order valence-electron chi connectivity index (χ0n) is 9.51. The summed E-state index contributed by atoms with van der Waals surface area (Å²) in [5.41, 5.74) is 2.01. The van der Waals surface area contributed by atoms with E-state index in [-0.39, 0.29) is 5.56 Å². The van der Waals surface area contributed by atoms with Gasteiger partial charge in [-0.05, 0) is 31.2 Å². The van der Waals surface area contributed by atoms with Crippen LogP contribution in [0.25, 0.3) is 22.6 Å². The highest BCUT2D eigenvalue weighted by atomic mass is 16.4. The first kappa shape index (κ1) is 10.6. The quantitative estimate of drug-likeness (QED) is 0.748. The van der Waals surface area contributed by atoms with Crippen molar-refractivity contribution in [1.29, 1.82) is 0 Å².